The van der Waals surface area contributed by atoms with Crippen molar-refractivity contribution >= 4 is 37.4 Å². The molecule has 0 aliphatic carbocycles. The number of fused-ring (bicyclic) bond motifs is 1. The van der Waals surface area contributed by atoms with Gasteiger partial charge in [-0.2, -0.15) is 0 Å². The third kappa shape index (κ3) is 3.92. The van der Waals surface area contributed by atoms with Crippen molar-refractivity contribution in [3.05, 3.63) is 35.3 Å². The molecular weight excluding hydrogens is 421 g/mol. The Kier molecular flexibility index (Phi) is 5.02. The van der Waals surface area contributed by atoms with Gasteiger partial charge < -0.3 is 9.47 Å². The predicted molar refractivity (Wildman–Crippen MR) is 94.0 cm³/mol. The Morgan fingerprint density at radius 1 is 1.21 bits per heavy atom. The van der Waals surface area contributed by atoms with Gasteiger partial charge in [0.25, 0.3) is 0 Å². The molecule has 3 aromatic rings. The minimum Gasteiger partial charge on any atom is -0.465 e. The fraction of sp³-hybridized carbons (Fsp3) is 0.188. The number of methoxy groups -OCH3 is 1. The van der Waals surface area contributed by atoms with Crippen LogP contribution in [0.3, 0.4) is 0 Å². The molecule has 0 N–H and O–H groups in total. The second kappa shape index (κ2) is 7.02. The van der Waals surface area contributed by atoms with E-state index in [4.69, 9.17) is 4.74 Å². The van der Waals surface area contributed by atoms with Crippen LogP contribution >= 0.6 is 11.3 Å². The molecule has 0 unspecified atom stereocenters. The van der Waals surface area contributed by atoms with Gasteiger partial charge >= 0.3 is 12.3 Å². The van der Waals surface area contributed by atoms with Crippen LogP contribution in [-0.2, 0) is 14.6 Å². The van der Waals surface area contributed by atoms with E-state index in [1.165, 1.54) is 24.4 Å². The van der Waals surface area contributed by atoms with Crippen molar-refractivity contribution in [3.63, 3.8) is 0 Å². The molecule has 2 heterocycles. The first-order valence-electron chi connectivity index (χ1n) is 7.44. The lowest BCUT2D eigenvalue weighted by Gasteiger charge is -2.13. The van der Waals surface area contributed by atoms with E-state index < -0.39 is 33.1 Å². The van der Waals surface area contributed by atoms with E-state index in [1.807, 2.05) is 0 Å². The Bertz CT molecular complexity index is 1170. The van der Waals surface area contributed by atoms with E-state index in [0.29, 0.717) is 4.70 Å². The molecule has 0 amide bonds. The largest absolute Gasteiger partial charge is 0.573 e. The summed E-state index contributed by atoms with van der Waals surface area (Å²) in [5.74, 6) is -1.39. The van der Waals surface area contributed by atoms with Crippen molar-refractivity contribution in [2.24, 2.45) is 0 Å². The molecule has 2 aromatic heterocycles. The number of rotatable bonds is 4. The Morgan fingerprint density at radius 3 is 2.50 bits per heavy atom. The molecule has 7 nitrogen and oxygen atoms in total. The number of carbonyl (C=O) groups is 1. The van der Waals surface area contributed by atoms with Gasteiger partial charge in [0.15, 0.2) is 0 Å². The number of para-hydroxylation sites is 1. The minimum atomic E-state index is -4.97. The first-order valence-corrected chi connectivity index (χ1v) is 10.1. The predicted octanol–water partition coefficient (Wildman–Crippen LogP) is 3.45. The normalized spacial score (nSPS) is 12.2. The number of halogens is 3. The molecule has 148 valence electrons. The standard InChI is InChI=1S/C16H11F3N2O5S2/c1-25-14(22)13-11(8-5-3-4-6-9(8)26-16(17,18)19)12-10(27-13)7-20-15(21-12)28(2,23)24/h3-7H,1-2H3. The van der Waals surface area contributed by atoms with E-state index in [0.717, 1.165) is 30.8 Å². The molecule has 28 heavy (non-hydrogen) atoms. The molecule has 12 heteroatoms. The topological polar surface area (TPSA) is 95.5 Å². The quantitative estimate of drug-likeness (QED) is 0.460. The van der Waals surface area contributed by atoms with Crippen LogP contribution in [0.1, 0.15) is 9.67 Å². The van der Waals surface area contributed by atoms with Crippen LogP contribution in [0.4, 0.5) is 13.2 Å². The van der Waals surface area contributed by atoms with Gasteiger partial charge in [-0.1, -0.05) is 18.2 Å². The summed E-state index contributed by atoms with van der Waals surface area (Å²) in [4.78, 5) is 19.9. The number of esters is 1. The molecule has 3 rings (SSSR count). The second-order valence-corrected chi connectivity index (χ2v) is 8.44. The molecule has 0 fully saturated rings. The average Bonchev–Trinajstić information content (AvgIpc) is 2.98. The summed E-state index contributed by atoms with van der Waals surface area (Å²) < 4.78 is 71.1. The number of hydrogen-bond donors (Lipinski definition) is 0. The van der Waals surface area contributed by atoms with Crippen molar-refractivity contribution in [1.29, 1.82) is 0 Å². The number of hydrogen-bond acceptors (Lipinski definition) is 8. The zero-order valence-corrected chi connectivity index (χ0v) is 15.9. The first-order chi connectivity index (χ1) is 13.0. The Balaban J connectivity index is 2.37. The van der Waals surface area contributed by atoms with Crippen molar-refractivity contribution < 1.29 is 35.9 Å². The van der Waals surface area contributed by atoms with Gasteiger partial charge in [-0.25, -0.2) is 23.2 Å². The van der Waals surface area contributed by atoms with E-state index in [9.17, 15) is 26.4 Å². The Labute approximate surface area is 160 Å². The van der Waals surface area contributed by atoms with Crippen LogP contribution in [0.25, 0.3) is 21.3 Å². The monoisotopic (exact) mass is 432 g/mol. The summed E-state index contributed by atoms with van der Waals surface area (Å²) in [5.41, 5.74) is -0.123. The number of thiophene rings is 1. The summed E-state index contributed by atoms with van der Waals surface area (Å²) in [6.45, 7) is 0. The van der Waals surface area contributed by atoms with Gasteiger partial charge in [-0.05, 0) is 6.07 Å². The van der Waals surface area contributed by atoms with E-state index in [-0.39, 0.29) is 21.5 Å². The average molecular weight is 432 g/mol. The number of alkyl halides is 3. The van der Waals surface area contributed by atoms with Crippen LogP contribution in [0, 0.1) is 0 Å². The summed E-state index contributed by atoms with van der Waals surface area (Å²) >= 11 is 0.866. The Morgan fingerprint density at radius 2 is 1.89 bits per heavy atom. The van der Waals surface area contributed by atoms with Crippen LogP contribution < -0.4 is 4.74 Å². The van der Waals surface area contributed by atoms with Crippen molar-refractivity contribution in [1.82, 2.24) is 9.97 Å². The number of nitrogens with zero attached hydrogens (tertiary/aromatic N) is 2. The molecule has 0 saturated carbocycles. The Hall–Kier alpha value is -2.73. The molecule has 0 aliphatic rings. The first kappa shape index (κ1) is 20.0. The van der Waals surface area contributed by atoms with Gasteiger partial charge in [0, 0.05) is 23.6 Å². The third-order valence-electron chi connectivity index (χ3n) is 3.49. The number of sulfone groups is 1. The van der Waals surface area contributed by atoms with Crippen molar-refractivity contribution in [2.45, 2.75) is 11.5 Å². The zero-order chi connectivity index (χ0) is 20.7. The molecule has 1 aromatic carbocycles. The molecule has 0 spiro atoms. The number of benzene rings is 1. The van der Waals surface area contributed by atoms with Gasteiger partial charge in [0.05, 0.1) is 17.3 Å². The highest BCUT2D eigenvalue weighted by Gasteiger charge is 2.33. The maximum atomic E-state index is 12.8. The van der Waals surface area contributed by atoms with Crippen LogP contribution in [0.2, 0.25) is 0 Å². The van der Waals surface area contributed by atoms with Gasteiger partial charge in [-0.15, -0.1) is 24.5 Å². The number of carbonyl (C=O) groups excluding carboxylic acids is 1. The SMILES string of the molecule is COC(=O)c1sc2cnc(S(C)(=O)=O)nc2c1-c1ccccc1OC(F)(F)F. The number of aromatic nitrogens is 2. The second-order valence-electron chi connectivity index (χ2n) is 5.48. The van der Waals surface area contributed by atoms with Crippen molar-refractivity contribution in [2.75, 3.05) is 13.4 Å². The van der Waals surface area contributed by atoms with Crippen molar-refractivity contribution in [3.8, 4) is 16.9 Å². The van der Waals surface area contributed by atoms with E-state index in [1.54, 1.807) is 0 Å². The fourth-order valence-electron chi connectivity index (χ4n) is 2.43. The summed E-state index contributed by atoms with van der Waals surface area (Å²) in [5, 5.41) is -0.523. The van der Waals surface area contributed by atoms with Gasteiger partial charge in [0.2, 0.25) is 15.0 Å². The summed E-state index contributed by atoms with van der Waals surface area (Å²) in [6.07, 6.45) is -2.89. The van der Waals surface area contributed by atoms with Gasteiger partial charge in [0.1, 0.15) is 10.6 Å². The maximum Gasteiger partial charge on any atom is 0.573 e. The fourth-order valence-corrected chi connectivity index (χ4v) is 3.98. The molecule has 0 radical (unpaired) electrons. The number of ether oxygens (including phenoxy) is 2. The van der Waals surface area contributed by atoms with Crippen LogP contribution in [0.5, 0.6) is 5.75 Å². The lowest BCUT2D eigenvalue weighted by Crippen LogP contribution is -2.17. The minimum absolute atomic E-state index is 0.000880. The highest BCUT2D eigenvalue weighted by molar-refractivity contribution is 7.90. The highest BCUT2D eigenvalue weighted by Crippen LogP contribution is 2.43. The molecule has 0 atom stereocenters. The lowest BCUT2D eigenvalue weighted by atomic mass is 10.0. The zero-order valence-electron chi connectivity index (χ0n) is 14.3. The maximum absolute atomic E-state index is 12.8. The molecule has 0 bridgehead atoms. The molecule has 0 aliphatic heterocycles. The molecular formula is C16H11F3N2O5S2. The van der Waals surface area contributed by atoms with E-state index >= 15 is 0 Å². The van der Waals surface area contributed by atoms with E-state index in [2.05, 4.69) is 14.7 Å². The summed E-state index contributed by atoms with van der Waals surface area (Å²) in [6, 6.07) is 5.15. The smallest absolute Gasteiger partial charge is 0.465 e. The van der Waals surface area contributed by atoms with Gasteiger partial charge in [-0.3, -0.25) is 0 Å². The highest BCUT2D eigenvalue weighted by atomic mass is 32.2. The molecule has 0 saturated heterocycles. The summed E-state index contributed by atoms with van der Waals surface area (Å²) in [7, 11) is -2.68. The van der Waals surface area contributed by atoms with Crippen LogP contribution in [0.15, 0.2) is 35.6 Å². The lowest BCUT2D eigenvalue weighted by molar-refractivity contribution is -0.274. The van der Waals surface area contributed by atoms with Crippen LogP contribution in [-0.4, -0.2) is 44.1 Å². The third-order valence-corrected chi connectivity index (χ3v) is 5.45.